The summed E-state index contributed by atoms with van der Waals surface area (Å²) < 4.78 is 2.24. The molecule has 4 heteroatoms. The molecule has 0 spiro atoms. The van der Waals surface area contributed by atoms with E-state index in [1.54, 1.807) is 12.4 Å². The third kappa shape index (κ3) is 2.17. The summed E-state index contributed by atoms with van der Waals surface area (Å²) in [6.45, 7) is 8.59. The molecule has 2 N–H and O–H groups in total. The first-order valence-electron chi connectivity index (χ1n) is 7.08. The molecule has 21 heavy (non-hydrogen) atoms. The minimum absolute atomic E-state index is 0.0971. The van der Waals surface area contributed by atoms with E-state index in [1.807, 2.05) is 18.2 Å². The number of aryl methyl sites for hydroxylation is 1. The number of benzene rings is 1. The molecule has 2 aromatic heterocycles. The largest absolute Gasteiger partial charge is 0.398 e. The van der Waals surface area contributed by atoms with Crippen molar-refractivity contribution in [3.63, 3.8) is 0 Å². The van der Waals surface area contributed by atoms with Crippen LogP contribution in [0.3, 0.4) is 0 Å². The van der Waals surface area contributed by atoms with E-state index in [1.165, 1.54) is 0 Å². The van der Waals surface area contributed by atoms with Crippen LogP contribution in [0, 0.1) is 6.92 Å². The zero-order valence-corrected chi connectivity index (χ0v) is 12.9. The van der Waals surface area contributed by atoms with Gasteiger partial charge in [0.25, 0.3) is 0 Å². The van der Waals surface area contributed by atoms with E-state index in [0.29, 0.717) is 0 Å². The zero-order chi connectivity index (χ0) is 15.2. The van der Waals surface area contributed by atoms with E-state index < -0.39 is 0 Å². The highest BCUT2D eigenvalue weighted by Crippen LogP contribution is 2.35. The number of nitrogens with two attached hydrogens (primary N) is 1. The lowest BCUT2D eigenvalue weighted by Gasteiger charge is -2.25. The number of nitrogens with zero attached hydrogens (tertiary/aromatic N) is 3. The second kappa shape index (κ2) is 4.58. The van der Waals surface area contributed by atoms with Crippen LogP contribution in [-0.4, -0.2) is 14.5 Å². The lowest BCUT2D eigenvalue weighted by molar-refractivity contribution is 0.413. The normalized spacial score (nSPS) is 12.0. The summed E-state index contributed by atoms with van der Waals surface area (Å²) in [6, 6.07) is 7.97. The molecule has 0 radical (unpaired) electrons. The highest BCUT2D eigenvalue weighted by atomic mass is 15.1. The molecule has 0 saturated carbocycles. The van der Waals surface area contributed by atoms with Gasteiger partial charge in [0.05, 0.1) is 11.7 Å². The lowest BCUT2D eigenvalue weighted by atomic mass is 10.0. The molecule has 0 aliphatic carbocycles. The average Bonchev–Trinajstić information content (AvgIpc) is 2.77. The summed E-state index contributed by atoms with van der Waals surface area (Å²) in [4.78, 5) is 8.97. The molecule has 0 bridgehead atoms. The first-order valence-corrected chi connectivity index (χ1v) is 7.08. The van der Waals surface area contributed by atoms with Crippen LogP contribution in [0.25, 0.3) is 22.4 Å². The predicted octanol–water partition coefficient (Wildman–Crippen LogP) is 3.74. The number of hydrogen-bond donors (Lipinski definition) is 1. The molecule has 1 aromatic carbocycles. The summed E-state index contributed by atoms with van der Waals surface area (Å²) in [6.07, 6.45) is 3.60. The Balaban J connectivity index is 2.43. The van der Waals surface area contributed by atoms with E-state index in [4.69, 9.17) is 10.7 Å². The van der Waals surface area contributed by atoms with Gasteiger partial charge in [-0.2, -0.15) is 0 Å². The SMILES string of the molecule is Cc1cccc(N)c1-c1nc2cnccc2n1C(C)(C)C. The topological polar surface area (TPSA) is 56.7 Å². The summed E-state index contributed by atoms with van der Waals surface area (Å²) >= 11 is 0. The molecule has 0 aliphatic rings. The molecule has 4 nitrogen and oxygen atoms in total. The van der Waals surface area contributed by atoms with Gasteiger partial charge in [0.2, 0.25) is 0 Å². The Kier molecular flexibility index (Phi) is 2.97. The van der Waals surface area contributed by atoms with Crippen LogP contribution in [-0.2, 0) is 5.54 Å². The lowest BCUT2D eigenvalue weighted by Crippen LogP contribution is -2.23. The van der Waals surface area contributed by atoms with E-state index >= 15 is 0 Å². The van der Waals surface area contributed by atoms with Crippen molar-refractivity contribution in [2.45, 2.75) is 33.2 Å². The molecule has 3 aromatic rings. The van der Waals surface area contributed by atoms with Gasteiger partial charge in [0, 0.05) is 23.0 Å². The Hall–Kier alpha value is -2.36. The van der Waals surface area contributed by atoms with Crippen LogP contribution in [0.5, 0.6) is 0 Å². The zero-order valence-electron chi connectivity index (χ0n) is 12.9. The van der Waals surface area contributed by atoms with E-state index in [9.17, 15) is 0 Å². The van der Waals surface area contributed by atoms with Crippen molar-refractivity contribution in [3.05, 3.63) is 42.2 Å². The van der Waals surface area contributed by atoms with Gasteiger partial charge < -0.3 is 10.3 Å². The van der Waals surface area contributed by atoms with Crippen molar-refractivity contribution in [3.8, 4) is 11.4 Å². The molecule has 0 amide bonds. The molecule has 0 unspecified atom stereocenters. The predicted molar refractivity (Wildman–Crippen MR) is 87.1 cm³/mol. The van der Waals surface area contributed by atoms with E-state index in [-0.39, 0.29) is 5.54 Å². The highest BCUT2D eigenvalue weighted by molar-refractivity contribution is 5.84. The number of fused-ring (bicyclic) bond motifs is 1. The Morgan fingerprint density at radius 2 is 1.90 bits per heavy atom. The fourth-order valence-corrected chi connectivity index (χ4v) is 2.77. The van der Waals surface area contributed by atoms with Crippen LogP contribution >= 0.6 is 0 Å². The Morgan fingerprint density at radius 3 is 2.57 bits per heavy atom. The fourth-order valence-electron chi connectivity index (χ4n) is 2.77. The van der Waals surface area contributed by atoms with Crippen molar-refractivity contribution in [2.24, 2.45) is 0 Å². The van der Waals surface area contributed by atoms with Gasteiger partial charge in [-0.3, -0.25) is 4.98 Å². The number of anilines is 1. The summed E-state index contributed by atoms with van der Waals surface area (Å²) in [5.74, 6) is 0.904. The van der Waals surface area contributed by atoms with E-state index in [2.05, 4.69) is 43.3 Å². The van der Waals surface area contributed by atoms with Gasteiger partial charge in [-0.25, -0.2) is 4.98 Å². The second-order valence-electron chi connectivity index (χ2n) is 6.35. The van der Waals surface area contributed by atoms with Crippen LogP contribution < -0.4 is 5.73 Å². The number of aromatic nitrogens is 3. The first kappa shape index (κ1) is 13.6. The van der Waals surface area contributed by atoms with Gasteiger partial charge in [0.1, 0.15) is 11.3 Å². The summed E-state index contributed by atoms with van der Waals surface area (Å²) in [5, 5.41) is 0. The molecule has 0 fully saturated rings. The van der Waals surface area contributed by atoms with Crippen LogP contribution in [0.1, 0.15) is 26.3 Å². The van der Waals surface area contributed by atoms with Crippen molar-refractivity contribution in [1.29, 1.82) is 0 Å². The van der Waals surface area contributed by atoms with E-state index in [0.717, 1.165) is 33.7 Å². The first-order chi connectivity index (χ1) is 9.89. The average molecular weight is 280 g/mol. The van der Waals surface area contributed by atoms with Gasteiger partial charge in [0.15, 0.2) is 0 Å². The third-order valence-electron chi connectivity index (χ3n) is 3.66. The Labute approximate surface area is 124 Å². The highest BCUT2D eigenvalue weighted by Gasteiger charge is 2.24. The number of rotatable bonds is 1. The standard InChI is InChI=1S/C17H20N4/c1-11-6-5-7-12(18)15(11)16-20-13-10-19-9-8-14(13)21(16)17(2,3)4/h5-10H,18H2,1-4H3. The van der Waals surface area contributed by atoms with Gasteiger partial charge >= 0.3 is 0 Å². The fraction of sp³-hybridized carbons (Fsp3) is 0.294. The Bertz CT molecular complexity index is 789. The minimum Gasteiger partial charge on any atom is -0.398 e. The minimum atomic E-state index is -0.0971. The smallest absolute Gasteiger partial charge is 0.144 e. The quantitative estimate of drug-likeness (QED) is 0.691. The molecule has 0 aliphatic heterocycles. The maximum absolute atomic E-state index is 6.22. The second-order valence-corrected chi connectivity index (χ2v) is 6.35. The molecule has 2 heterocycles. The van der Waals surface area contributed by atoms with Crippen molar-refractivity contribution in [1.82, 2.24) is 14.5 Å². The maximum atomic E-state index is 6.22. The monoisotopic (exact) mass is 280 g/mol. The molecule has 3 rings (SSSR count). The van der Waals surface area contributed by atoms with Crippen molar-refractivity contribution >= 4 is 16.7 Å². The summed E-state index contributed by atoms with van der Waals surface area (Å²) in [7, 11) is 0. The molecule has 0 saturated heterocycles. The maximum Gasteiger partial charge on any atom is 0.144 e. The number of hydrogen-bond acceptors (Lipinski definition) is 3. The van der Waals surface area contributed by atoms with Crippen molar-refractivity contribution in [2.75, 3.05) is 5.73 Å². The van der Waals surface area contributed by atoms with Crippen LogP contribution in [0.2, 0.25) is 0 Å². The number of imidazole rings is 1. The van der Waals surface area contributed by atoms with Gasteiger partial charge in [-0.15, -0.1) is 0 Å². The Morgan fingerprint density at radius 1 is 1.14 bits per heavy atom. The number of nitrogen functional groups attached to an aromatic ring is 1. The van der Waals surface area contributed by atoms with Crippen LogP contribution in [0.15, 0.2) is 36.7 Å². The summed E-state index contributed by atoms with van der Waals surface area (Å²) in [5.41, 5.74) is 11.0. The van der Waals surface area contributed by atoms with Crippen molar-refractivity contribution < 1.29 is 0 Å². The van der Waals surface area contributed by atoms with Gasteiger partial charge in [-0.05, 0) is 45.4 Å². The van der Waals surface area contributed by atoms with Gasteiger partial charge in [-0.1, -0.05) is 12.1 Å². The molecule has 108 valence electrons. The van der Waals surface area contributed by atoms with Crippen LogP contribution in [0.4, 0.5) is 5.69 Å². The number of pyridine rings is 1. The molecular weight excluding hydrogens is 260 g/mol. The molecular formula is C17H20N4. The third-order valence-corrected chi connectivity index (χ3v) is 3.66. The molecule has 0 atom stereocenters.